The zero-order valence-electron chi connectivity index (χ0n) is 15.0. The van der Waals surface area contributed by atoms with Crippen LogP contribution >= 0.6 is 9.24 Å². The van der Waals surface area contributed by atoms with Gasteiger partial charge in [-0.3, -0.25) is 4.79 Å². The molecule has 6 heteroatoms. The number of hydrogen-bond donors (Lipinski definition) is 2. The number of amides is 1. The summed E-state index contributed by atoms with van der Waals surface area (Å²) in [7, 11) is 3.00. The maximum atomic E-state index is 14.6. The quantitative estimate of drug-likeness (QED) is 0.644. The number of aliphatic hydroxyl groups is 1. The van der Waals surface area contributed by atoms with Gasteiger partial charge in [0, 0.05) is 23.7 Å². The van der Waals surface area contributed by atoms with Gasteiger partial charge in [0.1, 0.15) is 0 Å². The highest BCUT2D eigenvalue weighted by molar-refractivity contribution is 7.18. The average Bonchev–Trinajstić information content (AvgIpc) is 2.97. The van der Waals surface area contributed by atoms with Gasteiger partial charge in [0.2, 0.25) is 0 Å². The number of benzene rings is 3. The second-order valence-electron chi connectivity index (χ2n) is 6.76. The molecular formula is C22H18F2NO2P. The van der Waals surface area contributed by atoms with Crippen LogP contribution in [0.2, 0.25) is 0 Å². The first kappa shape index (κ1) is 18.7. The zero-order valence-corrected chi connectivity index (χ0v) is 16.2. The molecule has 4 rings (SSSR count). The van der Waals surface area contributed by atoms with E-state index in [-0.39, 0.29) is 17.0 Å². The second-order valence-corrected chi connectivity index (χ2v) is 7.49. The Hall–Kier alpha value is -2.62. The van der Waals surface area contributed by atoms with E-state index in [0.29, 0.717) is 27.8 Å². The molecule has 3 aromatic rings. The lowest BCUT2D eigenvalue weighted by molar-refractivity contribution is -0.0963. The van der Waals surface area contributed by atoms with Crippen molar-refractivity contribution in [3.63, 3.8) is 0 Å². The maximum absolute atomic E-state index is 14.6. The first-order valence-corrected chi connectivity index (χ1v) is 9.31. The van der Waals surface area contributed by atoms with E-state index in [4.69, 9.17) is 0 Å². The van der Waals surface area contributed by atoms with Gasteiger partial charge < -0.3 is 10.4 Å². The van der Waals surface area contributed by atoms with Crippen LogP contribution < -0.4 is 5.32 Å². The second kappa shape index (κ2) is 6.47. The molecule has 0 radical (unpaired) electrons. The van der Waals surface area contributed by atoms with Crippen molar-refractivity contribution in [3.05, 3.63) is 83.4 Å². The van der Waals surface area contributed by atoms with Crippen LogP contribution in [0.4, 0.5) is 8.78 Å². The Morgan fingerprint density at radius 1 is 0.964 bits per heavy atom. The number of carbonyl (C=O) groups is 1. The molecule has 3 nitrogen and oxygen atoms in total. The molecule has 0 bridgehead atoms. The molecule has 0 aliphatic heterocycles. The lowest BCUT2D eigenvalue weighted by Gasteiger charge is -2.32. The SMILES string of the molecule is CNC(=O)c1ccccc1-c1ccc2c(c1)C(O)(C(F)(F)P)c1ccccc1-2. The highest BCUT2D eigenvalue weighted by atomic mass is 31.0. The van der Waals surface area contributed by atoms with Gasteiger partial charge in [-0.15, -0.1) is 0 Å². The van der Waals surface area contributed by atoms with E-state index in [9.17, 15) is 18.7 Å². The van der Waals surface area contributed by atoms with E-state index in [1.165, 1.54) is 22.4 Å². The van der Waals surface area contributed by atoms with Gasteiger partial charge in [-0.2, -0.15) is 8.78 Å². The fraction of sp³-hybridized carbons (Fsp3) is 0.136. The number of carbonyl (C=O) groups excluding carboxylic acids is 1. The van der Waals surface area contributed by atoms with Gasteiger partial charge in [0.15, 0.2) is 5.60 Å². The molecule has 1 amide bonds. The summed E-state index contributed by atoms with van der Waals surface area (Å²) >= 11 is 0. The standard InChI is InChI=1S/C22H18F2NO2P/c1-25-20(26)17-8-3-2-6-14(17)13-10-11-16-15-7-4-5-9-18(15)21(27,19(16)12-13)22(23,24)28/h2-12,27H,28H2,1H3,(H,25,26). The summed E-state index contributed by atoms with van der Waals surface area (Å²) in [5.74, 6) is -0.272. The fourth-order valence-electron chi connectivity index (χ4n) is 3.85. The number of hydrogen-bond acceptors (Lipinski definition) is 2. The van der Waals surface area contributed by atoms with Crippen LogP contribution in [0.3, 0.4) is 0 Å². The molecule has 142 valence electrons. The van der Waals surface area contributed by atoms with Crippen molar-refractivity contribution >= 4 is 15.1 Å². The largest absolute Gasteiger partial charge is 0.374 e. The summed E-state index contributed by atoms with van der Waals surface area (Å²) in [6, 6.07) is 18.6. The molecule has 2 unspecified atom stereocenters. The van der Waals surface area contributed by atoms with Crippen molar-refractivity contribution in [2.24, 2.45) is 0 Å². The zero-order chi connectivity index (χ0) is 20.1. The third-order valence-electron chi connectivity index (χ3n) is 5.21. The molecule has 1 aliphatic carbocycles. The van der Waals surface area contributed by atoms with Crippen LogP contribution in [0.15, 0.2) is 66.7 Å². The summed E-state index contributed by atoms with van der Waals surface area (Å²) < 4.78 is 29.2. The Morgan fingerprint density at radius 3 is 2.25 bits per heavy atom. The third-order valence-corrected chi connectivity index (χ3v) is 5.63. The smallest absolute Gasteiger partial charge is 0.295 e. The average molecular weight is 397 g/mol. The van der Waals surface area contributed by atoms with Gasteiger partial charge in [-0.1, -0.05) is 63.8 Å². The molecule has 0 spiro atoms. The normalized spacial score (nSPS) is 17.8. The van der Waals surface area contributed by atoms with Gasteiger partial charge in [0.25, 0.3) is 11.6 Å². The minimum atomic E-state index is -3.48. The molecule has 1 aliphatic rings. The van der Waals surface area contributed by atoms with Gasteiger partial charge in [0.05, 0.1) is 0 Å². The lowest BCUT2D eigenvalue weighted by Crippen LogP contribution is -2.40. The van der Waals surface area contributed by atoms with E-state index >= 15 is 0 Å². The Kier molecular flexibility index (Phi) is 4.33. The fourth-order valence-corrected chi connectivity index (χ4v) is 4.16. The molecular weight excluding hydrogens is 379 g/mol. The van der Waals surface area contributed by atoms with E-state index in [1.807, 2.05) is 0 Å². The molecule has 2 N–H and O–H groups in total. The van der Waals surface area contributed by atoms with Crippen molar-refractivity contribution in [1.82, 2.24) is 5.32 Å². The highest BCUT2D eigenvalue weighted by Gasteiger charge is 2.56. The summed E-state index contributed by atoms with van der Waals surface area (Å²) in [6.07, 6.45) is 0. The Balaban J connectivity index is 1.97. The van der Waals surface area contributed by atoms with E-state index in [2.05, 4.69) is 5.32 Å². The van der Waals surface area contributed by atoms with Crippen molar-refractivity contribution in [2.45, 2.75) is 11.3 Å². The molecule has 0 heterocycles. The summed E-state index contributed by atoms with van der Waals surface area (Å²) in [4.78, 5) is 12.2. The predicted octanol–water partition coefficient (Wildman–Crippen LogP) is 4.40. The number of fused-ring (bicyclic) bond motifs is 3. The lowest BCUT2D eigenvalue weighted by atomic mass is 9.89. The van der Waals surface area contributed by atoms with Crippen LogP contribution in [-0.4, -0.2) is 23.7 Å². The summed E-state index contributed by atoms with van der Waals surface area (Å²) in [5.41, 5.74) is -2.90. The van der Waals surface area contributed by atoms with Crippen LogP contribution in [0.25, 0.3) is 22.3 Å². The maximum Gasteiger partial charge on any atom is 0.295 e. The molecule has 2 atom stereocenters. The topological polar surface area (TPSA) is 49.3 Å². The molecule has 0 saturated carbocycles. The Morgan fingerprint density at radius 2 is 1.57 bits per heavy atom. The van der Waals surface area contributed by atoms with Crippen LogP contribution in [0, 0.1) is 0 Å². The summed E-state index contributed by atoms with van der Waals surface area (Å²) in [6.45, 7) is 0. The molecule has 0 saturated heterocycles. The number of nitrogens with one attached hydrogen (secondary N) is 1. The van der Waals surface area contributed by atoms with Crippen LogP contribution in [0.5, 0.6) is 0 Å². The number of halogens is 2. The van der Waals surface area contributed by atoms with Crippen LogP contribution in [0.1, 0.15) is 21.5 Å². The minimum Gasteiger partial charge on any atom is -0.374 e. The first-order valence-electron chi connectivity index (χ1n) is 8.74. The van der Waals surface area contributed by atoms with Gasteiger partial charge >= 0.3 is 0 Å². The predicted molar refractivity (Wildman–Crippen MR) is 108 cm³/mol. The van der Waals surface area contributed by atoms with E-state index < -0.39 is 11.3 Å². The third kappa shape index (κ3) is 2.58. The van der Waals surface area contributed by atoms with Gasteiger partial charge in [-0.25, -0.2) is 0 Å². The minimum absolute atomic E-state index is 0.123. The van der Waals surface area contributed by atoms with Crippen LogP contribution in [-0.2, 0) is 5.60 Å². The van der Waals surface area contributed by atoms with Gasteiger partial charge in [-0.05, 0) is 34.4 Å². The molecule has 0 fully saturated rings. The van der Waals surface area contributed by atoms with E-state index in [0.717, 1.165) is 0 Å². The Labute approximate surface area is 163 Å². The molecule has 0 aromatic heterocycles. The monoisotopic (exact) mass is 397 g/mol. The highest BCUT2D eigenvalue weighted by Crippen LogP contribution is 2.57. The molecule has 3 aromatic carbocycles. The number of alkyl halides is 2. The van der Waals surface area contributed by atoms with Crippen molar-refractivity contribution in [1.29, 1.82) is 0 Å². The van der Waals surface area contributed by atoms with E-state index in [1.54, 1.807) is 60.7 Å². The summed E-state index contributed by atoms with van der Waals surface area (Å²) in [5, 5.41) is 13.8. The Bertz CT molecular complexity index is 1090. The van der Waals surface area contributed by atoms with Crippen molar-refractivity contribution in [3.8, 4) is 22.3 Å². The van der Waals surface area contributed by atoms with Crippen molar-refractivity contribution < 1.29 is 18.7 Å². The molecule has 28 heavy (non-hydrogen) atoms. The number of rotatable bonds is 3. The first-order chi connectivity index (χ1) is 13.3. The van der Waals surface area contributed by atoms with Crippen molar-refractivity contribution in [2.75, 3.05) is 7.05 Å².